The molecule has 15 heavy (non-hydrogen) atoms. The third kappa shape index (κ3) is 2.18. The molecule has 1 amide bonds. The summed E-state index contributed by atoms with van der Waals surface area (Å²) < 4.78 is 0. The van der Waals surface area contributed by atoms with Gasteiger partial charge in [0.1, 0.15) is 5.82 Å². The number of hydrogen-bond acceptors (Lipinski definition) is 3. The summed E-state index contributed by atoms with van der Waals surface area (Å²) in [6, 6.07) is 0. The van der Waals surface area contributed by atoms with E-state index < -0.39 is 0 Å². The van der Waals surface area contributed by atoms with E-state index in [0.29, 0.717) is 5.92 Å². The molecule has 5 heteroatoms. The number of nitrogens with zero attached hydrogens (tertiary/aromatic N) is 2. The van der Waals surface area contributed by atoms with Gasteiger partial charge in [0, 0.05) is 31.4 Å². The van der Waals surface area contributed by atoms with E-state index in [-0.39, 0.29) is 12.5 Å². The van der Waals surface area contributed by atoms with Crippen LogP contribution in [-0.4, -0.2) is 40.4 Å². The number of piperidine rings is 1. The summed E-state index contributed by atoms with van der Waals surface area (Å²) in [5.41, 5.74) is 5.32. The first-order valence-electron chi connectivity index (χ1n) is 5.28. The van der Waals surface area contributed by atoms with Crippen molar-refractivity contribution >= 4 is 5.91 Å². The number of rotatable bonds is 2. The van der Waals surface area contributed by atoms with Gasteiger partial charge in [0.15, 0.2) is 0 Å². The van der Waals surface area contributed by atoms with Crippen LogP contribution in [0.3, 0.4) is 0 Å². The molecule has 1 aliphatic heterocycles. The molecule has 0 bridgehead atoms. The van der Waals surface area contributed by atoms with Gasteiger partial charge in [-0.05, 0) is 12.8 Å². The third-order valence-corrected chi connectivity index (χ3v) is 2.93. The van der Waals surface area contributed by atoms with Gasteiger partial charge in [-0.25, -0.2) is 4.98 Å². The molecule has 2 rings (SSSR count). The predicted molar refractivity (Wildman–Crippen MR) is 56.2 cm³/mol. The molecule has 1 fully saturated rings. The van der Waals surface area contributed by atoms with E-state index >= 15 is 0 Å². The Balaban J connectivity index is 1.90. The lowest BCUT2D eigenvalue weighted by Crippen LogP contribution is -2.41. The fourth-order valence-electron chi connectivity index (χ4n) is 2.03. The molecule has 1 aromatic rings. The zero-order valence-corrected chi connectivity index (χ0v) is 8.65. The number of amides is 1. The van der Waals surface area contributed by atoms with Crippen molar-refractivity contribution in [3.8, 4) is 0 Å². The second kappa shape index (κ2) is 4.44. The van der Waals surface area contributed by atoms with Crippen LogP contribution in [0.4, 0.5) is 0 Å². The first kappa shape index (κ1) is 10.2. The van der Waals surface area contributed by atoms with Crippen molar-refractivity contribution < 1.29 is 4.79 Å². The smallest absolute Gasteiger partial charge is 0.236 e. The second-order valence-electron chi connectivity index (χ2n) is 3.83. The van der Waals surface area contributed by atoms with E-state index in [9.17, 15) is 4.79 Å². The first-order valence-corrected chi connectivity index (χ1v) is 5.28. The van der Waals surface area contributed by atoms with Crippen LogP contribution in [0.5, 0.6) is 0 Å². The van der Waals surface area contributed by atoms with Gasteiger partial charge in [-0.15, -0.1) is 0 Å². The topological polar surface area (TPSA) is 75.0 Å². The molecule has 0 unspecified atom stereocenters. The Morgan fingerprint density at radius 1 is 1.60 bits per heavy atom. The largest absolute Gasteiger partial charge is 0.348 e. The number of nitrogens with two attached hydrogens (primary N) is 1. The molecule has 1 aliphatic rings. The van der Waals surface area contributed by atoms with Crippen LogP contribution in [0.2, 0.25) is 0 Å². The molecule has 3 N–H and O–H groups in total. The van der Waals surface area contributed by atoms with Crippen LogP contribution in [-0.2, 0) is 4.79 Å². The molecular weight excluding hydrogens is 192 g/mol. The highest BCUT2D eigenvalue weighted by Gasteiger charge is 2.24. The maximum absolute atomic E-state index is 11.3. The Morgan fingerprint density at radius 2 is 2.33 bits per heavy atom. The van der Waals surface area contributed by atoms with Crippen molar-refractivity contribution in [2.24, 2.45) is 5.73 Å². The van der Waals surface area contributed by atoms with E-state index in [4.69, 9.17) is 5.73 Å². The second-order valence-corrected chi connectivity index (χ2v) is 3.83. The fraction of sp³-hybridized carbons (Fsp3) is 0.600. The summed E-state index contributed by atoms with van der Waals surface area (Å²) in [7, 11) is 0. The highest BCUT2D eigenvalue weighted by atomic mass is 16.2. The van der Waals surface area contributed by atoms with Crippen molar-refractivity contribution in [1.29, 1.82) is 0 Å². The molecule has 1 aromatic heterocycles. The minimum atomic E-state index is 0.0490. The Labute approximate surface area is 88.7 Å². The number of H-pyrrole nitrogens is 1. The van der Waals surface area contributed by atoms with Crippen molar-refractivity contribution in [3.63, 3.8) is 0 Å². The lowest BCUT2D eigenvalue weighted by Gasteiger charge is -2.30. The van der Waals surface area contributed by atoms with Crippen LogP contribution in [0, 0.1) is 0 Å². The number of likely N-dealkylation sites (tertiary alicyclic amines) is 1. The van der Waals surface area contributed by atoms with Crippen LogP contribution < -0.4 is 5.73 Å². The molecule has 0 spiro atoms. The van der Waals surface area contributed by atoms with Crippen molar-refractivity contribution in [2.45, 2.75) is 18.8 Å². The van der Waals surface area contributed by atoms with Gasteiger partial charge in [0.25, 0.3) is 0 Å². The minimum absolute atomic E-state index is 0.0490. The normalized spacial score (nSPS) is 18.1. The van der Waals surface area contributed by atoms with Gasteiger partial charge in [-0.2, -0.15) is 0 Å². The molecule has 1 saturated heterocycles. The van der Waals surface area contributed by atoms with Crippen LogP contribution in [0.25, 0.3) is 0 Å². The molecule has 0 aliphatic carbocycles. The number of aromatic amines is 1. The summed E-state index contributed by atoms with van der Waals surface area (Å²) in [6.07, 6.45) is 5.55. The highest BCUT2D eigenvalue weighted by Crippen LogP contribution is 2.24. The molecule has 0 aromatic carbocycles. The number of imidazole rings is 1. The average molecular weight is 208 g/mol. The zero-order chi connectivity index (χ0) is 10.7. The van der Waals surface area contributed by atoms with E-state index in [2.05, 4.69) is 9.97 Å². The van der Waals surface area contributed by atoms with E-state index in [1.54, 1.807) is 6.20 Å². The molecule has 82 valence electrons. The molecule has 2 heterocycles. The maximum atomic E-state index is 11.3. The molecule has 5 nitrogen and oxygen atoms in total. The molecule has 0 radical (unpaired) electrons. The lowest BCUT2D eigenvalue weighted by molar-refractivity contribution is -0.130. The van der Waals surface area contributed by atoms with Crippen LogP contribution in [0.15, 0.2) is 12.4 Å². The summed E-state index contributed by atoms with van der Waals surface area (Å²) in [4.78, 5) is 20.5. The monoisotopic (exact) mass is 208 g/mol. The number of hydrogen-bond donors (Lipinski definition) is 2. The summed E-state index contributed by atoms with van der Waals surface area (Å²) >= 11 is 0. The molecule has 0 atom stereocenters. The average Bonchev–Trinajstić information content (AvgIpc) is 2.82. The van der Waals surface area contributed by atoms with E-state index in [1.165, 1.54) is 0 Å². The maximum Gasteiger partial charge on any atom is 0.236 e. The van der Waals surface area contributed by atoms with Gasteiger partial charge < -0.3 is 15.6 Å². The van der Waals surface area contributed by atoms with Gasteiger partial charge >= 0.3 is 0 Å². The summed E-state index contributed by atoms with van der Waals surface area (Å²) in [5, 5.41) is 0. The van der Waals surface area contributed by atoms with E-state index in [0.717, 1.165) is 31.8 Å². The number of carbonyl (C=O) groups excluding carboxylic acids is 1. The van der Waals surface area contributed by atoms with E-state index in [1.807, 2.05) is 11.1 Å². The number of aromatic nitrogens is 2. The van der Waals surface area contributed by atoms with Gasteiger partial charge in [0.05, 0.1) is 6.54 Å². The highest BCUT2D eigenvalue weighted by molar-refractivity contribution is 5.78. The standard InChI is InChI=1S/C10H16N4O/c11-7-9(15)14-5-1-8(2-6-14)10-12-3-4-13-10/h3-4,8H,1-2,5-7,11H2,(H,12,13). The lowest BCUT2D eigenvalue weighted by atomic mass is 9.96. The fourth-order valence-corrected chi connectivity index (χ4v) is 2.03. The van der Waals surface area contributed by atoms with Gasteiger partial charge in [-0.1, -0.05) is 0 Å². The number of carbonyl (C=O) groups is 1. The first-order chi connectivity index (χ1) is 7.31. The zero-order valence-electron chi connectivity index (χ0n) is 8.65. The Kier molecular flexibility index (Phi) is 3.01. The van der Waals surface area contributed by atoms with Crippen molar-refractivity contribution in [2.75, 3.05) is 19.6 Å². The summed E-state index contributed by atoms with van der Waals surface area (Å²) in [6.45, 7) is 1.70. The number of nitrogens with one attached hydrogen (secondary N) is 1. The summed E-state index contributed by atoms with van der Waals surface area (Å²) in [5.74, 6) is 1.55. The van der Waals surface area contributed by atoms with Crippen molar-refractivity contribution in [3.05, 3.63) is 18.2 Å². The quantitative estimate of drug-likeness (QED) is 0.722. The molecule has 0 saturated carbocycles. The minimum Gasteiger partial charge on any atom is -0.348 e. The van der Waals surface area contributed by atoms with Gasteiger partial charge in [0.2, 0.25) is 5.91 Å². The SMILES string of the molecule is NCC(=O)N1CCC(c2ncc[nH]2)CC1. The Morgan fingerprint density at radius 3 is 2.87 bits per heavy atom. The Bertz CT molecular complexity index is 314. The Hall–Kier alpha value is -1.36. The molecular formula is C10H16N4O. The van der Waals surface area contributed by atoms with Gasteiger partial charge in [-0.3, -0.25) is 4.79 Å². The third-order valence-electron chi connectivity index (χ3n) is 2.93. The van der Waals surface area contributed by atoms with Crippen LogP contribution >= 0.6 is 0 Å². The van der Waals surface area contributed by atoms with Crippen LogP contribution in [0.1, 0.15) is 24.6 Å². The predicted octanol–water partition coefficient (Wildman–Crippen LogP) is 0.0744. The van der Waals surface area contributed by atoms with Crippen molar-refractivity contribution in [1.82, 2.24) is 14.9 Å².